The normalized spacial score (nSPS) is 22.6. The lowest BCUT2D eigenvalue weighted by molar-refractivity contribution is -0.199. The van der Waals surface area contributed by atoms with Crippen LogP contribution in [-0.2, 0) is 19.4 Å². The van der Waals surface area contributed by atoms with Crippen molar-refractivity contribution in [3.63, 3.8) is 0 Å². The summed E-state index contributed by atoms with van der Waals surface area (Å²) in [7, 11) is -4.36. The topological polar surface area (TPSA) is 169 Å². The Bertz CT molecular complexity index is 1660. The van der Waals surface area contributed by atoms with Crippen LogP contribution in [0.4, 0.5) is 13.2 Å². The molecule has 1 saturated heterocycles. The molecule has 2 aliphatic carbocycles. The Morgan fingerprint density at radius 1 is 1.05 bits per heavy atom. The van der Waals surface area contributed by atoms with Crippen LogP contribution in [0.3, 0.4) is 0 Å². The van der Waals surface area contributed by atoms with Crippen molar-refractivity contribution < 1.29 is 31.2 Å². The molecular weight excluding hydrogens is 567 g/mol. The molecule has 1 N–H and O–H groups in total. The summed E-state index contributed by atoms with van der Waals surface area (Å²) in [5, 5.41) is 18.6. The minimum absolute atomic E-state index is 0.0802. The van der Waals surface area contributed by atoms with Crippen LogP contribution in [0.15, 0.2) is 48.4 Å². The van der Waals surface area contributed by atoms with Crippen molar-refractivity contribution >= 4 is 21.7 Å². The molecule has 1 aromatic carbocycles. The van der Waals surface area contributed by atoms with Gasteiger partial charge < -0.3 is 10.2 Å². The largest absolute Gasteiger partial charge is 0.403 e. The maximum absolute atomic E-state index is 14.1. The first-order valence-corrected chi connectivity index (χ1v) is 14.1. The molecule has 3 fully saturated rings. The second kappa shape index (κ2) is 9.09. The van der Waals surface area contributed by atoms with Gasteiger partial charge in [0.1, 0.15) is 42.3 Å². The average Bonchev–Trinajstić information content (AvgIpc) is 3.64. The summed E-state index contributed by atoms with van der Waals surface area (Å²) in [6.07, 6.45) is -0.323. The summed E-state index contributed by atoms with van der Waals surface area (Å²) in [6, 6.07) is 4.71. The van der Waals surface area contributed by atoms with Gasteiger partial charge in [0.15, 0.2) is 9.84 Å². The minimum Gasteiger partial charge on any atom is -0.336 e. The highest BCUT2D eigenvalue weighted by Gasteiger charge is 2.70. The Morgan fingerprint density at radius 2 is 1.71 bits per heavy atom. The van der Waals surface area contributed by atoms with E-state index in [1.807, 2.05) is 6.07 Å². The van der Waals surface area contributed by atoms with E-state index in [1.54, 1.807) is 0 Å². The van der Waals surface area contributed by atoms with E-state index < -0.39 is 75.9 Å². The van der Waals surface area contributed by atoms with Gasteiger partial charge in [-0.3, -0.25) is 9.59 Å². The lowest BCUT2D eigenvalue weighted by atomic mass is 10.0. The highest BCUT2D eigenvalue weighted by molar-refractivity contribution is 7.92. The first-order valence-electron chi connectivity index (χ1n) is 12.6. The van der Waals surface area contributed by atoms with Gasteiger partial charge in [-0.05, 0) is 50.3 Å². The van der Waals surface area contributed by atoms with Gasteiger partial charge in [-0.15, -0.1) is 0 Å². The van der Waals surface area contributed by atoms with Crippen LogP contribution < -0.4 is 5.32 Å². The SMILES string of the molecule is N#CC1(NC(=O)[C@@H]2C[C@@H](S(=O)(=O)c3ccc(-n4cncn4)cc3-n3cncn3)CN2C(=O)C2(C(F)(F)F)CC2)CC1. The second-order valence-corrected chi connectivity index (χ2v) is 12.7. The van der Waals surface area contributed by atoms with Gasteiger partial charge in [0, 0.05) is 6.54 Å². The molecule has 2 saturated carbocycles. The fourth-order valence-corrected chi connectivity index (χ4v) is 7.00. The molecule has 0 radical (unpaired) electrons. The zero-order valence-corrected chi connectivity index (χ0v) is 22.0. The summed E-state index contributed by atoms with van der Waals surface area (Å²) in [5.41, 5.74) is -3.29. The number of amides is 2. The van der Waals surface area contributed by atoms with Crippen LogP contribution in [0.2, 0.25) is 0 Å². The lowest BCUT2D eigenvalue weighted by Crippen LogP contribution is -2.53. The Hall–Kier alpha value is -4.33. The Kier molecular flexibility index (Phi) is 5.96. The number of rotatable bonds is 7. The van der Waals surface area contributed by atoms with Crippen LogP contribution in [0.1, 0.15) is 32.1 Å². The van der Waals surface area contributed by atoms with Gasteiger partial charge in [-0.2, -0.15) is 28.6 Å². The number of halogens is 3. The number of likely N-dealkylation sites (tertiary alicyclic amines) is 1. The molecule has 214 valence electrons. The van der Waals surface area contributed by atoms with E-state index in [1.165, 1.54) is 52.9 Å². The van der Waals surface area contributed by atoms with Gasteiger partial charge in [0.05, 0.1) is 27.6 Å². The summed E-state index contributed by atoms with van der Waals surface area (Å²) in [6.45, 7) is -0.627. The number of nitrogens with one attached hydrogen (secondary N) is 1. The monoisotopic (exact) mass is 589 g/mol. The number of hydrogen-bond donors (Lipinski definition) is 1. The molecule has 6 rings (SSSR count). The van der Waals surface area contributed by atoms with E-state index in [9.17, 15) is 36.4 Å². The van der Waals surface area contributed by atoms with Crippen LogP contribution in [-0.4, -0.2) is 84.2 Å². The zero-order valence-electron chi connectivity index (χ0n) is 21.2. The van der Waals surface area contributed by atoms with E-state index in [0.717, 1.165) is 4.90 Å². The summed E-state index contributed by atoms with van der Waals surface area (Å²) < 4.78 is 72.4. The zero-order chi connectivity index (χ0) is 29.2. The van der Waals surface area contributed by atoms with Gasteiger partial charge in [0.2, 0.25) is 11.8 Å². The number of alkyl halides is 3. The Morgan fingerprint density at radius 3 is 2.24 bits per heavy atom. The third-order valence-corrected chi connectivity index (χ3v) is 10.1. The molecule has 1 aliphatic heterocycles. The Balaban J connectivity index is 1.38. The summed E-state index contributed by atoms with van der Waals surface area (Å²) >= 11 is 0. The number of nitriles is 1. The fraction of sp³-hybridized carbons (Fsp3) is 0.458. The van der Waals surface area contributed by atoms with E-state index in [4.69, 9.17) is 0 Å². The summed E-state index contributed by atoms with van der Waals surface area (Å²) in [5.74, 6) is -2.19. The van der Waals surface area contributed by atoms with Gasteiger partial charge in [-0.1, -0.05) is 0 Å². The van der Waals surface area contributed by atoms with Crippen molar-refractivity contribution in [2.45, 2.75) is 60.0 Å². The highest BCUT2D eigenvalue weighted by Crippen LogP contribution is 2.59. The third-order valence-electron chi connectivity index (χ3n) is 7.89. The van der Waals surface area contributed by atoms with Crippen molar-refractivity contribution in [2.24, 2.45) is 5.41 Å². The predicted octanol–water partition coefficient (Wildman–Crippen LogP) is 1.11. The molecule has 3 heterocycles. The number of carbonyl (C=O) groups is 2. The number of nitrogens with zero attached hydrogens (tertiary/aromatic N) is 8. The number of carbonyl (C=O) groups excluding carboxylic acids is 2. The lowest BCUT2D eigenvalue weighted by Gasteiger charge is -2.29. The van der Waals surface area contributed by atoms with E-state index in [0.29, 0.717) is 18.5 Å². The van der Waals surface area contributed by atoms with E-state index in [-0.39, 0.29) is 10.6 Å². The first kappa shape index (κ1) is 26.9. The van der Waals surface area contributed by atoms with Crippen molar-refractivity contribution in [3.8, 4) is 17.4 Å². The average molecular weight is 590 g/mol. The molecule has 17 heteroatoms. The van der Waals surface area contributed by atoms with E-state index in [2.05, 4.69) is 25.5 Å². The maximum Gasteiger partial charge on any atom is 0.403 e. The standard InChI is InChI=1S/C24H22F3N9O4S/c25-24(26,27)23(5-6-23)21(38)34-9-16(8-18(34)20(37)33-22(10-28)3-4-22)41(39,40)19-2-1-15(35-13-29-11-31-35)7-17(19)36-14-30-12-32-36/h1-2,7,11-14,16,18H,3-6,8-9H2,(H,33,37)/t16-,18+/m1/s1. The minimum atomic E-state index is -4.86. The maximum atomic E-state index is 14.1. The Labute approximate surface area is 230 Å². The quantitative estimate of drug-likeness (QED) is 0.424. The van der Waals surface area contributed by atoms with Crippen molar-refractivity contribution in [1.82, 2.24) is 39.7 Å². The van der Waals surface area contributed by atoms with Crippen molar-refractivity contribution in [3.05, 3.63) is 43.5 Å². The molecule has 2 aromatic heterocycles. The fourth-order valence-electron chi connectivity index (χ4n) is 5.14. The number of hydrogen-bond acceptors (Lipinski definition) is 9. The molecule has 0 unspecified atom stereocenters. The molecule has 0 spiro atoms. The van der Waals surface area contributed by atoms with Crippen LogP contribution in [0.5, 0.6) is 0 Å². The summed E-state index contributed by atoms with van der Waals surface area (Å²) in [4.78, 5) is 34.8. The number of benzene rings is 1. The van der Waals surface area contributed by atoms with Crippen LogP contribution in [0, 0.1) is 16.7 Å². The van der Waals surface area contributed by atoms with Crippen LogP contribution >= 0.6 is 0 Å². The van der Waals surface area contributed by atoms with Gasteiger partial charge in [-0.25, -0.2) is 27.7 Å². The van der Waals surface area contributed by atoms with Gasteiger partial charge >= 0.3 is 6.18 Å². The van der Waals surface area contributed by atoms with Crippen molar-refractivity contribution in [2.75, 3.05) is 6.54 Å². The molecular formula is C24H22F3N9O4S. The highest BCUT2D eigenvalue weighted by atomic mass is 32.2. The van der Waals surface area contributed by atoms with Crippen molar-refractivity contribution in [1.29, 1.82) is 5.26 Å². The molecule has 2 amide bonds. The van der Waals surface area contributed by atoms with E-state index >= 15 is 0 Å². The van der Waals surface area contributed by atoms with Crippen LogP contribution in [0.25, 0.3) is 11.4 Å². The molecule has 13 nitrogen and oxygen atoms in total. The molecule has 2 atom stereocenters. The predicted molar refractivity (Wildman–Crippen MR) is 131 cm³/mol. The third kappa shape index (κ3) is 4.42. The van der Waals surface area contributed by atoms with Gasteiger partial charge in [0.25, 0.3) is 0 Å². The molecule has 41 heavy (non-hydrogen) atoms. The molecule has 3 aromatic rings. The number of sulfone groups is 1. The molecule has 0 bridgehead atoms. The smallest absolute Gasteiger partial charge is 0.336 e. The first-order chi connectivity index (χ1) is 19.4. The molecule has 3 aliphatic rings. The number of aromatic nitrogens is 6. The second-order valence-electron chi connectivity index (χ2n) is 10.5.